The van der Waals surface area contributed by atoms with Gasteiger partial charge in [-0.25, -0.2) is 0 Å². The Bertz CT molecular complexity index is 596. The van der Waals surface area contributed by atoms with Crippen molar-refractivity contribution in [1.82, 2.24) is 5.32 Å². The van der Waals surface area contributed by atoms with E-state index in [2.05, 4.69) is 61.4 Å². The number of hydrogen-bond donors (Lipinski definition) is 1. The molecule has 2 aromatic rings. The highest BCUT2D eigenvalue weighted by Gasteiger charge is 2.21. The summed E-state index contributed by atoms with van der Waals surface area (Å²) in [5.41, 5.74) is 3.80. The molecule has 1 aliphatic carbocycles. The molecule has 0 spiro atoms. The number of benzene rings is 1. The minimum Gasteiger partial charge on any atom is -0.465 e. The number of anilines is 1. The zero-order valence-electron chi connectivity index (χ0n) is 13.1. The fraction of sp³-hybridized carbons (Fsp3) is 0.444. The largest absolute Gasteiger partial charge is 0.465 e. The second-order valence-electron chi connectivity index (χ2n) is 6.14. The lowest BCUT2D eigenvalue weighted by Crippen LogP contribution is -2.16. The molecule has 3 nitrogen and oxygen atoms in total. The SMILES string of the molecule is Cc1ccc(N(C)Cc2cc(CNC3CC3)oc2C)cc1. The summed E-state index contributed by atoms with van der Waals surface area (Å²) in [7, 11) is 2.12. The molecule has 1 aromatic carbocycles. The van der Waals surface area contributed by atoms with Crippen LogP contribution in [0.3, 0.4) is 0 Å². The first-order valence-electron chi connectivity index (χ1n) is 7.71. The van der Waals surface area contributed by atoms with Gasteiger partial charge >= 0.3 is 0 Å². The molecule has 0 bridgehead atoms. The number of nitrogens with one attached hydrogen (secondary N) is 1. The minimum atomic E-state index is 0.717. The lowest BCUT2D eigenvalue weighted by molar-refractivity contribution is 0.459. The van der Waals surface area contributed by atoms with Crippen LogP contribution in [0.5, 0.6) is 0 Å². The van der Waals surface area contributed by atoms with Gasteiger partial charge in [-0.15, -0.1) is 0 Å². The molecule has 3 rings (SSSR count). The summed E-state index contributed by atoms with van der Waals surface area (Å²) in [5, 5.41) is 3.50. The standard InChI is InChI=1S/C18H24N2O/c1-13-4-8-17(9-5-13)20(3)12-15-10-18(21-14(15)2)11-19-16-6-7-16/h4-5,8-10,16,19H,6-7,11-12H2,1-3H3. The van der Waals surface area contributed by atoms with Gasteiger partial charge < -0.3 is 14.6 Å². The van der Waals surface area contributed by atoms with Gasteiger partial charge in [0.2, 0.25) is 0 Å². The van der Waals surface area contributed by atoms with Gasteiger partial charge in [-0.3, -0.25) is 0 Å². The van der Waals surface area contributed by atoms with Crippen LogP contribution in [-0.2, 0) is 13.1 Å². The zero-order valence-corrected chi connectivity index (χ0v) is 13.1. The van der Waals surface area contributed by atoms with Gasteiger partial charge in [-0.2, -0.15) is 0 Å². The summed E-state index contributed by atoms with van der Waals surface area (Å²) in [6.07, 6.45) is 2.62. The molecule has 0 unspecified atom stereocenters. The number of furan rings is 1. The van der Waals surface area contributed by atoms with Gasteiger partial charge in [0.1, 0.15) is 11.5 Å². The number of nitrogens with zero attached hydrogens (tertiary/aromatic N) is 1. The molecule has 0 atom stereocenters. The van der Waals surface area contributed by atoms with Crippen molar-refractivity contribution in [2.75, 3.05) is 11.9 Å². The van der Waals surface area contributed by atoms with E-state index in [9.17, 15) is 0 Å². The highest BCUT2D eigenvalue weighted by molar-refractivity contribution is 5.47. The summed E-state index contributed by atoms with van der Waals surface area (Å²) in [5.74, 6) is 2.08. The molecule has 21 heavy (non-hydrogen) atoms. The third kappa shape index (κ3) is 3.67. The van der Waals surface area contributed by atoms with Crippen LogP contribution in [0.25, 0.3) is 0 Å². The quantitative estimate of drug-likeness (QED) is 0.875. The Balaban J connectivity index is 1.64. The van der Waals surface area contributed by atoms with Crippen LogP contribution in [0.15, 0.2) is 34.7 Å². The van der Waals surface area contributed by atoms with E-state index in [1.807, 2.05) is 0 Å². The van der Waals surface area contributed by atoms with Gasteiger partial charge in [0.25, 0.3) is 0 Å². The monoisotopic (exact) mass is 284 g/mol. The number of rotatable bonds is 6. The molecule has 0 amide bonds. The van der Waals surface area contributed by atoms with E-state index in [4.69, 9.17) is 4.42 Å². The topological polar surface area (TPSA) is 28.4 Å². The summed E-state index contributed by atoms with van der Waals surface area (Å²) in [6, 6.07) is 11.5. The van der Waals surface area contributed by atoms with E-state index >= 15 is 0 Å². The summed E-state index contributed by atoms with van der Waals surface area (Å²) < 4.78 is 5.86. The maximum absolute atomic E-state index is 5.86. The van der Waals surface area contributed by atoms with Gasteiger partial charge in [-0.05, 0) is 44.9 Å². The molecule has 1 heterocycles. The third-order valence-electron chi connectivity index (χ3n) is 4.10. The average molecular weight is 284 g/mol. The van der Waals surface area contributed by atoms with Gasteiger partial charge in [0.05, 0.1) is 6.54 Å². The van der Waals surface area contributed by atoms with Gasteiger partial charge in [-0.1, -0.05) is 17.7 Å². The molecular formula is C18H24N2O. The van der Waals surface area contributed by atoms with E-state index in [-0.39, 0.29) is 0 Å². The second-order valence-corrected chi connectivity index (χ2v) is 6.14. The van der Waals surface area contributed by atoms with Crippen molar-refractivity contribution in [2.45, 2.75) is 45.8 Å². The van der Waals surface area contributed by atoms with Crippen molar-refractivity contribution in [1.29, 1.82) is 0 Å². The predicted molar refractivity (Wildman–Crippen MR) is 86.6 cm³/mol. The van der Waals surface area contributed by atoms with Crippen molar-refractivity contribution >= 4 is 5.69 Å². The van der Waals surface area contributed by atoms with Crippen molar-refractivity contribution in [3.63, 3.8) is 0 Å². The Morgan fingerprint density at radius 3 is 2.57 bits per heavy atom. The number of aryl methyl sites for hydroxylation is 2. The Hall–Kier alpha value is -1.74. The summed E-state index contributed by atoms with van der Waals surface area (Å²) >= 11 is 0. The molecule has 3 heteroatoms. The Kier molecular flexibility index (Phi) is 4.02. The molecular weight excluding hydrogens is 260 g/mol. The van der Waals surface area contributed by atoms with Crippen LogP contribution in [0.2, 0.25) is 0 Å². The van der Waals surface area contributed by atoms with E-state index in [0.717, 1.165) is 24.6 Å². The molecule has 1 aromatic heterocycles. The Morgan fingerprint density at radius 2 is 1.90 bits per heavy atom. The van der Waals surface area contributed by atoms with Gasteiger partial charge in [0.15, 0.2) is 0 Å². The van der Waals surface area contributed by atoms with Crippen LogP contribution in [0, 0.1) is 13.8 Å². The van der Waals surface area contributed by atoms with Crippen LogP contribution < -0.4 is 10.2 Å². The van der Waals surface area contributed by atoms with E-state index < -0.39 is 0 Å². The first kappa shape index (κ1) is 14.2. The molecule has 112 valence electrons. The molecule has 0 aliphatic heterocycles. The van der Waals surface area contributed by atoms with Crippen LogP contribution in [-0.4, -0.2) is 13.1 Å². The summed E-state index contributed by atoms with van der Waals surface area (Å²) in [4.78, 5) is 2.26. The van der Waals surface area contributed by atoms with Crippen LogP contribution >= 0.6 is 0 Å². The second kappa shape index (κ2) is 5.94. The highest BCUT2D eigenvalue weighted by Crippen LogP contribution is 2.22. The predicted octanol–water partition coefficient (Wildman–Crippen LogP) is 3.78. The number of hydrogen-bond acceptors (Lipinski definition) is 3. The highest BCUT2D eigenvalue weighted by atomic mass is 16.3. The third-order valence-corrected chi connectivity index (χ3v) is 4.10. The zero-order chi connectivity index (χ0) is 14.8. The van der Waals surface area contributed by atoms with E-state index in [1.54, 1.807) is 0 Å². The minimum absolute atomic E-state index is 0.717. The van der Waals surface area contributed by atoms with Gasteiger partial charge in [0, 0.05) is 30.9 Å². The normalized spacial score (nSPS) is 14.4. The molecule has 0 radical (unpaired) electrons. The summed E-state index contributed by atoms with van der Waals surface area (Å²) in [6.45, 7) is 5.89. The molecule has 1 saturated carbocycles. The van der Waals surface area contributed by atoms with Crippen molar-refractivity contribution in [3.8, 4) is 0 Å². The van der Waals surface area contributed by atoms with Crippen LogP contribution in [0.1, 0.15) is 35.5 Å². The smallest absolute Gasteiger partial charge is 0.118 e. The lowest BCUT2D eigenvalue weighted by atomic mass is 10.2. The Morgan fingerprint density at radius 1 is 1.19 bits per heavy atom. The first-order valence-corrected chi connectivity index (χ1v) is 7.71. The lowest BCUT2D eigenvalue weighted by Gasteiger charge is -2.19. The first-order chi connectivity index (χ1) is 10.1. The molecule has 0 saturated heterocycles. The van der Waals surface area contributed by atoms with E-state index in [1.165, 1.54) is 29.7 Å². The molecule has 1 fully saturated rings. The average Bonchev–Trinajstić information content (AvgIpc) is 3.23. The van der Waals surface area contributed by atoms with Crippen LogP contribution in [0.4, 0.5) is 5.69 Å². The van der Waals surface area contributed by atoms with E-state index in [0.29, 0.717) is 6.04 Å². The fourth-order valence-electron chi connectivity index (χ4n) is 2.51. The van der Waals surface area contributed by atoms with Crippen molar-refractivity contribution < 1.29 is 4.42 Å². The Labute approximate surface area is 127 Å². The van der Waals surface area contributed by atoms with Crippen molar-refractivity contribution in [3.05, 3.63) is 53.0 Å². The fourth-order valence-corrected chi connectivity index (χ4v) is 2.51. The maximum Gasteiger partial charge on any atom is 0.118 e. The molecule has 1 aliphatic rings. The molecule has 1 N–H and O–H groups in total. The maximum atomic E-state index is 5.86. The van der Waals surface area contributed by atoms with Crippen molar-refractivity contribution in [2.24, 2.45) is 0 Å².